The van der Waals surface area contributed by atoms with Crippen molar-refractivity contribution in [3.8, 4) is 0 Å². The number of amides is 1. The topological polar surface area (TPSA) is 89.6 Å². The van der Waals surface area contributed by atoms with E-state index >= 15 is 0 Å². The Hall–Kier alpha value is -2.23. The minimum Gasteiger partial charge on any atom is -0.311 e. The Balaban J connectivity index is 1.40. The van der Waals surface area contributed by atoms with Crippen LogP contribution in [0.4, 0.5) is 5.69 Å². The zero-order valence-corrected chi connectivity index (χ0v) is 16.0. The largest absolute Gasteiger partial charge is 0.311 e. The molecule has 0 saturated carbocycles. The standard InChI is InChI=1S/C18H23N5O3S/c1-14-2-4-15(5-3-14)23-9-7-16(18(23)24)21-10-12-22(13-11-21)27(25,26)17-6-8-19-20-17/h2-6,8,16H,7,9-13H2,1H3,(H,19,20)/t16-/m0/s1. The van der Waals surface area contributed by atoms with Crippen molar-refractivity contribution in [1.82, 2.24) is 19.4 Å². The first-order valence-corrected chi connectivity index (χ1v) is 10.5. The monoisotopic (exact) mass is 389 g/mol. The number of benzene rings is 1. The van der Waals surface area contributed by atoms with Gasteiger partial charge in [-0.05, 0) is 31.5 Å². The molecule has 0 aliphatic carbocycles. The van der Waals surface area contributed by atoms with E-state index in [0.29, 0.717) is 32.7 Å². The molecule has 9 heteroatoms. The molecule has 1 N–H and O–H groups in total. The van der Waals surface area contributed by atoms with Crippen LogP contribution in [0.1, 0.15) is 12.0 Å². The zero-order chi connectivity index (χ0) is 19.0. The maximum absolute atomic E-state index is 12.9. The molecular weight excluding hydrogens is 366 g/mol. The second-order valence-electron chi connectivity index (χ2n) is 6.99. The summed E-state index contributed by atoms with van der Waals surface area (Å²) in [5, 5.41) is 6.35. The minimum absolute atomic E-state index is 0.101. The third-order valence-corrected chi connectivity index (χ3v) is 7.16. The van der Waals surface area contributed by atoms with Gasteiger partial charge in [0.05, 0.1) is 12.2 Å². The summed E-state index contributed by atoms with van der Waals surface area (Å²) in [6.07, 6.45) is 2.19. The van der Waals surface area contributed by atoms with E-state index < -0.39 is 10.0 Å². The average Bonchev–Trinajstić information content (AvgIpc) is 3.33. The Bertz CT molecular complexity index is 903. The third-order valence-electron chi connectivity index (χ3n) is 5.33. The highest BCUT2D eigenvalue weighted by molar-refractivity contribution is 7.89. The summed E-state index contributed by atoms with van der Waals surface area (Å²) >= 11 is 0. The maximum atomic E-state index is 12.9. The number of aryl methyl sites for hydroxylation is 1. The summed E-state index contributed by atoms with van der Waals surface area (Å²) < 4.78 is 26.6. The van der Waals surface area contributed by atoms with Gasteiger partial charge in [-0.25, -0.2) is 8.42 Å². The lowest BCUT2D eigenvalue weighted by Gasteiger charge is -2.36. The number of piperazine rings is 1. The van der Waals surface area contributed by atoms with Gasteiger partial charge in [-0.2, -0.15) is 9.40 Å². The van der Waals surface area contributed by atoms with Gasteiger partial charge in [0, 0.05) is 38.4 Å². The quantitative estimate of drug-likeness (QED) is 0.837. The fourth-order valence-corrected chi connectivity index (χ4v) is 5.09. The molecule has 1 aromatic carbocycles. The second kappa shape index (κ2) is 7.06. The van der Waals surface area contributed by atoms with Crippen molar-refractivity contribution in [2.24, 2.45) is 0 Å². The van der Waals surface area contributed by atoms with Gasteiger partial charge in [-0.1, -0.05) is 17.7 Å². The summed E-state index contributed by atoms with van der Waals surface area (Å²) in [4.78, 5) is 16.8. The van der Waals surface area contributed by atoms with Crippen molar-refractivity contribution in [3.05, 3.63) is 42.1 Å². The number of anilines is 1. The predicted octanol–water partition coefficient (Wildman–Crippen LogP) is 0.830. The van der Waals surface area contributed by atoms with Crippen LogP contribution in [0.5, 0.6) is 0 Å². The number of carbonyl (C=O) groups excluding carboxylic acids is 1. The first-order valence-electron chi connectivity index (χ1n) is 9.08. The number of hydrogen-bond donors (Lipinski definition) is 1. The summed E-state index contributed by atoms with van der Waals surface area (Å²) in [7, 11) is -3.54. The van der Waals surface area contributed by atoms with Crippen molar-refractivity contribution in [3.63, 3.8) is 0 Å². The molecule has 4 rings (SSSR count). The Morgan fingerprint density at radius 2 is 1.74 bits per heavy atom. The highest BCUT2D eigenvalue weighted by atomic mass is 32.2. The minimum atomic E-state index is -3.54. The van der Waals surface area contributed by atoms with Crippen LogP contribution >= 0.6 is 0 Å². The van der Waals surface area contributed by atoms with E-state index in [9.17, 15) is 13.2 Å². The van der Waals surface area contributed by atoms with Gasteiger partial charge in [-0.15, -0.1) is 0 Å². The van der Waals surface area contributed by atoms with Crippen molar-refractivity contribution in [2.45, 2.75) is 24.4 Å². The van der Waals surface area contributed by atoms with Crippen LogP contribution in [-0.4, -0.2) is 72.5 Å². The van der Waals surface area contributed by atoms with Crippen LogP contribution in [0.25, 0.3) is 0 Å². The maximum Gasteiger partial charge on any atom is 0.260 e. The molecule has 1 aromatic heterocycles. The lowest BCUT2D eigenvalue weighted by atomic mass is 10.2. The highest BCUT2D eigenvalue weighted by Crippen LogP contribution is 2.26. The highest BCUT2D eigenvalue weighted by Gasteiger charge is 2.39. The van der Waals surface area contributed by atoms with Crippen molar-refractivity contribution >= 4 is 21.6 Å². The number of H-pyrrole nitrogens is 1. The van der Waals surface area contributed by atoms with Crippen LogP contribution in [0, 0.1) is 6.92 Å². The number of aromatic amines is 1. The lowest BCUT2D eigenvalue weighted by molar-refractivity contribution is -0.122. The van der Waals surface area contributed by atoms with Gasteiger partial charge in [0.15, 0.2) is 5.03 Å². The van der Waals surface area contributed by atoms with Crippen LogP contribution in [0.2, 0.25) is 0 Å². The van der Waals surface area contributed by atoms with Crippen molar-refractivity contribution in [1.29, 1.82) is 0 Å². The molecule has 144 valence electrons. The van der Waals surface area contributed by atoms with Gasteiger partial charge in [0.2, 0.25) is 5.91 Å². The van der Waals surface area contributed by atoms with Gasteiger partial charge < -0.3 is 4.90 Å². The molecule has 8 nitrogen and oxygen atoms in total. The number of rotatable bonds is 4. The number of aromatic nitrogens is 2. The SMILES string of the molecule is Cc1ccc(N2CC[C@H](N3CCN(S(=O)(=O)c4ccn[nH]4)CC3)C2=O)cc1. The van der Waals surface area contributed by atoms with Crippen LogP contribution in [0.15, 0.2) is 41.6 Å². The molecular formula is C18H23N5O3S. The van der Waals surface area contributed by atoms with Crippen LogP contribution in [0.3, 0.4) is 0 Å². The normalized spacial score (nSPS) is 22.5. The molecule has 0 unspecified atom stereocenters. The van der Waals surface area contributed by atoms with Gasteiger partial charge in [0.25, 0.3) is 10.0 Å². The summed E-state index contributed by atoms with van der Waals surface area (Å²) in [5.41, 5.74) is 2.09. The zero-order valence-electron chi connectivity index (χ0n) is 15.2. The Kier molecular flexibility index (Phi) is 4.75. The molecule has 2 aliphatic heterocycles. The number of carbonyl (C=O) groups is 1. The Morgan fingerprint density at radius 3 is 2.37 bits per heavy atom. The molecule has 2 saturated heterocycles. The lowest BCUT2D eigenvalue weighted by Crippen LogP contribution is -2.53. The number of nitrogens with one attached hydrogen (secondary N) is 1. The van der Waals surface area contributed by atoms with E-state index in [4.69, 9.17) is 0 Å². The van der Waals surface area contributed by atoms with E-state index in [1.807, 2.05) is 36.1 Å². The second-order valence-corrected chi connectivity index (χ2v) is 8.90. The van der Waals surface area contributed by atoms with Gasteiger partial charge in [0.1, 0.15) is 0 Å². The molecule has 1 atom stereocenters. The molecule has 0 radical (unpaired) electrons. The fourth-order valence-electron chi connectivity index (χ4n) is 3.77. The fraction of sp³-hybridized carbons (Fsp3) is 0.444. The van der Waals surface area contributed by atoms with Crippen LogP contribution in [-0.2, 0) is 14.8 Å². The van der Waals surface area contributed by atoms with E-state index in [1.54, 1.807) is 0 Å². The average molecular weight is 389 g/mol. The van der Waals surface area contributed by atoms with Crippen molar-refractivity contribution < 1.29 is 13.2 Å². The molecule has 3 heterocycles. The van der Waals surface area contributed by atoms with E-state index in [2.05, 4.69) is 15.1 Å². The summed E-state index contributed by atoms with van der Waals surface area (Å²) in [6, 6.07) is 9.25. The first kappa shape index (κ1) is 18.1. The van der Waals surface area contributed by atoms with Crippen molar-refractivity contribution in [2.75, 3.05) is 37.6 Å². The molecule has 0 bridgehead atoms. The molecule has 1 amide bonds. The van der Waals surface area contributed by atoms with Crippen LogP contribution < -0.4 is 4.90 Å². The molecule has 27 heavy (non-hydrogen) atoms. The molecule has 0 spiro atoms. The number of sulfonamides is 1. The number of hydrogen-bond acceptors (Lipinski definition) is 5. The molecule has 2 aromatic rings. The molecule has 2 aliphatic rings. The van der Waals surface area contributed by atoms with Gasteiger partial charge >= 0.3 is 0 Å². The van der Waals surface area contributed by atoms with E-state index in [0.717, 1.165) is 17.7 Å². The van der Waals surface area contributed by atoms with E-state index in [-0.39, 0.29) is 17.0 Å². The summed E-state index contributed by atoms with van der Waals surface area (Å²) in [5.74, 6) is 0.101. The Morgan fingerprint density at radius 1 is 1.04 bits per heavy atom. The third kappa shape index (κ3) is 3.38. The smallest absolute Gasteiger partial charge is 0.260 e. The van der Waals surface area contributed by atoms with Gasteiger partial charge in [-0.3, -0.25) is 14.8 Å². The predicted molar refractivity (Wildman–Crippen MR) is 101 cm³/mol. The van der Waals surface area contributed by atoms with E-state index in [1.165, 1.54) is 16.6 Å². The Labute approximate surface area is 158 Å². The molecule has 2 fully saturated rings. The summed E-state index contributed by atoms with van der Waals surface area (Å²) in [6.45, 7) is 4.55. The number of nitrogens with zero attached hydrogens (tertiary/aromatic N) is 4. The first-order chi connectivity index (χ1) is 13.0.